The first kappa shape index (κ1) is 18.0. The number of anilines is 1. The predicted molar refractivity (Wildman–Crippen MR) is 85.2 cm³/mol. The number of benzene rings is 1. The zero-order chi connectivity index (χ0) is 16.5. The predicted octanol–water partition coefficient (Wildman–Crippen LogP) is 2.21. The number of hydrogen-bond acceptors (Lipinski definition) is 4. The summed E-state index contributed by atoms with van der Waals surface area (Å²) in [5, 5.41) is 11.8. The van der Waals surface area contributed by atoms with Gasteiger partial charge in [0.1, 0.15) is 5.75 Å². The van der Waals surface area contributed by atoms with Crippen LogP contribution in [0.5, 0.6) is 5.75 Å². The summed E-state index contributed by atoms with van der Waals surface area (Å²) in [7, 11) is 0. The van der Waals surface area contributed by atoms with Gasteiger partial charge in [-0.1, -0.05) is 19.1 Å². The van der Waals surface area contributed by atoms with Crippen molar-refractivity contribution >= 4 is 17.6 Å². The quantitative estimate of drug-likeness (QED) is 0.731. The highest BCUT2D eigenvalue weighted by Crippen LogP contribution is 2.24. The van der Waals surface area contributed by atoms with E-state index in [1.807, 2.05) is 26.0 Å². The minimum absolute atomic E-state index is 0.157. The molecule has 0 saturated carbocycles. The third kappa shape index (κ3) is 5.37. The van der Waals surface area contributed by atoms with Gasteiger partial charge in [-0.05, 0) is 38.9 Å². The number of hydrogen-bond donors (Lipinski definition) is 2. The lowest BCUT2D eigenvalue weighted by molar-refractivity contribution is -0.139. The van der Waals surface area contributed by atoms with Gasteiger partial charge in [0.2, 0.25) is 5.91 Å². The number of nitrogens with one attached hydrogen (secondary N) is 1. The Kier molecular flexibility index (Phi) is 7.39. The maximum Gasteiger partial charge on any atom is 0.317 e. The monoisotopic (exact) mass is 308 g/mol. The molecule has 0 aliphatic carbocycles. The smallest absolute Gasteiger partial charge is 0.317 e. The van der Waals surface area contributed by atoms with Gasteiger partial charge in [-0.3, -0.25) is 14.5 Å². The Morgan fingerprint density at radius 2 is 2.00 bits per heavy atom. The molecule has 0 aromatic heterocycles. The summed E-state index contributed by atoms with van der Waals surface area (Å²) < 4.78 is 5.47. The maximum atomic E-state index is 12.4. The summed E-state index contributed by atoms with van der Waals surface area (Å²) in [6.07, 6.45) is 0.778. The van der Waals surface area contributed by atoms with Crippen LogP contribution in [-0.2, 0) is 9.59 Å². The minimum atomic E-state index is -0.942. The Morgan fingerprint density at radius 3 is 2.59 bits per heavy atom. The molecule has 0 heterocycles. The Labute approximate surface area is 131 Å². The number of rotatable bonds is 9. The first-order valence-corrected chi connectivity index (χ1v) is 7.48. The summed E-state index contributed by atoms with van der Waals surface area (Å²) >= 11 is 0. The number of aliphatic carboxylic acids is 1. The highest BCUT2D eigenvalue weighted by Gasteiger charge is 2.23. The van der Waals surface area contributed by atoms with Crippen molar-refractivity contribution in [2.75, 3.05) is 25.0 Å². The van der Waals surface area contributed by atoms with Crippen molar-refractivity contribution in [1.82, 2.24) is 4.90 Å². The molecular weight excluding hydrogens is 284 g/mol. The second kappa shape index (κ2) is 9.04. The molecule has 1 amide bonds. The number of ether oxygens (including phenoxy) is 1. The van der Waals surface area contributed by atoms with E-state index in [2.05, 4.69) is 5.32 Å². The molecule has 1 aromatic rings. The fourth-order valence-electron chi connectivity index (χ4n) is 2.12. The molecule has 22 heavy (non-hydrogen) atoms. The minimum Gasteiger partial charge on any atom is -0.492 e. The SMILES string of the molecule is CCCN(CC(=O)O)C(C)C(=O)Nc1ccccc1OCC. The van der Waals surface area contributed by atoms with Crippen molar-refractivity contribution in [2.45, 2.75) is 33.2 Å². The Balaban J connectivity index is 2.79. The van der Waals surface area contributed by atoms with Crippen molar-refractivity contribution in [1.29, 1.82) is 0 Å². The summed E-state index contributed by atoms with van der Waals surface area (Å²) in [5.74, 6) is -0.588. The van der Waals surface area contributed by atoms with E-state index in [4.69, 9.17) is 9.84 Å². The number of nitrogens with zero attached hydrogens (tertiary/aromatic N) is 1. The van der Waals surface area contributed by atoms with Gasteiger partial charge in [-0.2, -0.15) is 0 Å². The lowest BCUT2D eigenvalue weighted by Crippen LogP contribution is -2.45. The average molecular weight is 308 g/mol. The number of carbonyl (C=O) groups excluding carboxylic acids is 1. The molecule has 0 fully saturated rings. The first-order chi connectivity index (χ1) is 10.5. The number of carbonyl (C=O) groups is 2. The fraction of sp³-hybridized carbons (Fsp3) is 0.500. The average Bonchev–Trinajstić information content (AvgIpc) is 2.48. The zero-order valence-electron chi connectivity index (χ0n) is 13.3. The van der Waals surface area contributed by atoms with Gasteiger partial charge in [-0.15, -0.1) is 0 Å². The van der Waals surface area contributed by atoms with E-state index in [0.717, 1.165) is 6.42 Å². The Hall–Kier alpha value is -2.08. The van der Waals surface area contributed by atoms with Crippen LogP contribution in [0.15, 0.2) is 24.3 Å². The number of carboxylic acid groups (broad SMARTS) is 1. The topological polar surface area (TPSA) is 78.9 Å². The van der Waals surface area contributed by atoms with E-state index in [0.29, 0.717) is 24.6 Å². The molecule has 0 spiro atoms. The van der Waals surface area contributed by atoms with Gasteiger partial charge in [0.05, 0.1) is 24.9 Å². The third-order valence-electron chi connectivity index (χ3n) is 3.22. The van der Waals surface area contributed by atoms with E-state index in [1.54, 1.807) is 24.0 Å². The molecule has 6 heteroatoms. The number of carboxylic acids is 1. The Bertz CT molecular complexity index is 505. The molecule has 0 aliphatic heterocycles. The highest BCUT2D eigenvalue weighted by molar-refractivity contribution is 5.96. The lowest BCUT2D eigenvalue weighted by atomic mass is 10.2. The van der Waals surface area contributed by atoms with Crippen molar-refractivity contribution in [3.8, 4) is 5.75 Å². The van der Waals surface area contributed by atoms with Crippen LogP contribution in [0.2, 0.25) is 0 Å². The third-order valence-corrected chi connectivity index (χ3v) is 3.22. The fourth-order valence-corrected chi connectivity index (χ4v) is 2.12. The van der Waals surface area contributed by atoms with Crippen molar-refractivity contribution in [3.05, 3.63) is 24.3 Å². The van der Waals surface area contributed by atoms with Gasteiger partial charge < -0.3 is 15.2 Å². The molecular formula is C16H24N2O4. The highest BCUT2D eigenvalue weighted by atomic mass is 16.5. The van der Waals surface area contributed by atoms with Crippen LogP contribution in [0.3, 0.4) is 0 Å². The van der Waals surface area contributed by atoms with Gasteiger partial charge in [0.15, 0.2) is 0 Å². The van der Waals surface area contributed by atoms with E-state index in [1.165, 1.54) is 0 Å². The van der Waals surface area contributed by atoms with E-state index in [9.17, 15) is 9.59 Å². The van der Waals surface area contributed by atoms with Crippen LogP contribution in [0.1, 0.15) is 27.2 Å². The van der Waals surface area contributed by atoms with Gasteiger partial charge in [0, 0.05) is 0 Å². The van der Waals surface area contributed by atoms with Crippen molar-refractivity contribution < 1.29 is 19.4 Å². The van der Waals surface area contributed by atoms with Gasteiger partial charge in [-0.25, -0.2) is 0 Å². The van der Waals surface area contributed by atoms with Gasteiger partial charge in [0.25, 0.3) is 0 Å². The van der Waals surface area contributed by atoms with Crippen LogP contribution < -0.4 is 10.1 Å². The lowest BCUT2D eigenvalue weighted by Gasteiger charge is -2.26. The standard InChI is InChI=1S/C16H24N2O4/c1-4-10-18(11-15(19)20)12(3)16(21)17-13-8-6-7-9-14(13)22-5-2/h6-9,12H,4-5,10-11H2,1-3H3,(H,17,21)(H,19,20). The second-order valence-electron chi connectivity index (χ2n) is 4.96. The molecule has 122 valence electrons. The van der Waals surface area contributed by atoms with Crippen LogP contribution in [0, 0.1) is 0 Å². The molecule has 6 nitrogen and oxygen atoms in total. The molecule has 1 rings (SSSR count). The van der Waals surface area contributed by atoms with E-state index >= 15 is 0 Å². The largest absolute Gasteiger partial charge is 0.492 e. The van der Waals surface area contributed by atoms with Crippen molar-refractivity contribution in [3.63, 3.8) is 0 Å². The maximum absolute atomic E-state index is 12.4. The molecule has 2 N–H and O–H groups in total. The van der Waals surface area contributed by atoms with E-state index in [-0.39, 0.29) is 12.5 Å². The molecule has 1 unspecified atom stereocenters. The second-order valence-corrected chi connectivity index (χ2v) is 4.96. The zero-order valence-corrected chi connectivity index (χ0v) is 13.3. The number of para-hydroxylation sites is 2. The summed E-state index contributed by atoms with van der Waals surface area (Å²) in [6.45, 7) is 6.42. The normalized spacial score (nSPS) is 12.0. The van der Waals surface area contributed by atoms with Crippen molar-refractivity contribution in [2.24, 2.45) is 0 Å². The van der Waals surface area contributed by atoms with Gasteiger partial charge >= 0.3 is 5.97 Å². The summed E-state index contributed by atoms with van der Waals surface area (Å²) in [4.78, 5) is 24.9. The molecule has 1 aromatic carbocycles. The molecule has 0 bridgehead atoms. The first-order valence-electron chi connectivity index (χ1n) is 7.48. The van der Waals surface area contributed by atoms with E-state index < -0.39 is 12.0 Å². The number of amides is 1. The molecule has 0 aliphatic rings. The Morgan fingerprint density at radius 1 is 1.32 bits per heavy atom. The van der Waals surface area contributed by atoms with Crippen LogP contribution in [-0.4, -0.2) is 47.6 Å². The van der Waals surface area contributed by atoms with Crippen LogP contribution in [0.25, 0.3) is 0 Å². The summed E-state index contributed by atoms with van der Waals surface area (Å²) in [5.41, 5.74) is 0.591. The molecule has 0 radical (unpaired) electrons. The summed E-state index contributed by atoms with van der Waals surface area (Å²) in [6, 6.07) is 6.65. The van der Waals surface area contributed by atoms with Crippen LogP contribution >= 0.6 is 0 Å². The molecule has 0 saturated heterocycles. The van der Waals surface area contributed by atoms with Crippen LogP contribution in [0.4, 0.5) is 5.69 Å². The molecule has 1 atom stereocenters.